The molecule has 3 atom stereocenters. The van der Waals surface area contributed by atoms with Gasteiger partial charge in [-0.15, -0.1) is 0 Å². The standard InChI is InChI=1S/C29H20BrF3N2O4S2/c1-14-5-7-15(8-6-14)13-39-20-10-9-17(30)12-19(20)21-22-24(40-25-23(21)41-28(38)34-25)27(37)35(26(22)36)18-4-2-3-16(11-18)29(31,32)33/h2-12,21-22,24H,13H2,1H3,(H,34,38)/t21-,22-,24+/m0/s1. The number of carbonyl (C=O) groups excluding carboxylic acids is 2. The summed E-state index contributed by atoms with van der Waals surface area (Å²) in [5.41, 5.74) is 1.51. The van der Waals surface area contributed by atoms with E-state index in [2.05, 4.69) is 20.9 Å². The number of benzene rings is 3. The summed E-state index contributed by atoms with van der Waals surface area (Å²) >= 11 is 5.49. The maximum absolute atomic E-state index is 14.0. The molecule has 2 amide bonds. The number of aryl methyl sites for hydroxylation is 1. The van der Waals surface area contributed by atoms with Gasteiger partial charge < -0.3 is 9.72 Å². The molecule has 0 radical (unpaired) electrons. The lowest BCUT2D eigenvalue weighted by atomic mass is 9.82. The van der Waals surface area contributed by atoms with Gasteiger partial charge in [0.05, 0.1) is 22.2 Å². The first-order valence-electron chi connectivity index (χ1n) is 12.4. The van der Waals surface area contributed by atoms with Gasteiger partial charge in [-0.05, 0) is 48.9 Å². The van der Waals surface area contributed by atoms with E-state index in [9.17, 15) is 27.6 Å². The molecular weight excluding hydrogens is 641 g/mol. The van der Waals surface area contributed by atoms with Crippen molar-refractivity contribution in [1.29, 1.82) is 0 Å². The Morgan fingerprint density at radius 2 is 1.76 bits per heavy atom. The van der Waals surface area contributed by atoms with Crippen LogP contribution >= 0.6 is 39.0 Å². The molecule has 12 heteroatoms. The number of nitrogens with one attached hydrogen (secondary N) is 1. The van der Waals surface area contributed by atoms with E-state index in [1.807, 2.05) is 31.2 Å². The van der Waals surface area contributed by atoms with Gasteiger partial charge in [0.2, 0.25) is 11.8 Å². The summed E-state index contributed by atoms with van der Waals surface area (Å²) in [7, 11) is 0. The number of hydrogen-bond donors (Lipinski definition) is 1. The van der Waals surface area contributed by atoms with Crippen LogP contribution in [0.4, 0.5) is 18.9 Å². The molecule has 210 valence electrons. The molecule has 2 aliphatic heterocycles. The Morgan fingerprint density at radius 1 is 1.00 bits per heavy atom. The van der Waals surface area contributed by atoms with E-state index < -0.39 is 40.6 Å². The summed E-state index contributed by atoms with van der Waals surface area (Å²) in [5.74, 6) is -2.53. The quantitative estimate of drug-likeness (QED) is 0.236. The van der Waals surface area contributed by atoms with Crippen LogP contribution in [0.25, 0.3) is 0 Å². The van der Waals surface area contributed by atoms with Gasteiger partial charge in [-0.25, -0.2) is 4.90 Å². The molecule has 2 aliphatic rings. The first kappa shape index (κ1) is 27.8. The highest BCUT2D eigenvalue weighted by atomic mass is 79.9. The number of thioether (sulfide) groups is 1. The molecule has 1 fully saturated rings. The Labute approximate surface area is 248 Å². The number of halogens is 4. The summed E-state index contributed by atoms with van der Waals surface area (Å²) in [6.07, 6.45) is -4.64. The molecule has 6 rings (SSSR count). The lowest BCUT2D eigenvalue weighted by Gasteiger charge is -2.31. The number of alkyl halides is 3. The van der Waals surface area contributed by atoms with Crippen LogP contribution in [0.1, 0.15) is 33.0 Å². The average Bonchev–Trinajstić information content (AvgIpc) is 3.42. The number of nitrogens with zero attached hydrogens (tertiary/aromatic N) is 1. The van der Waals surface area contributed by atoms with Crippen LogP contribution in [-0.4, -0.2) is 22.0 Å². The number of ether oxygens (including phenoxy) is 1. The number of rotatable bonds is 5. The van der Waals surface area contributed by atoms with Gasteiger partial charge in [0.15, 0.2) is 0 Å². The summed E-state index contributed by atoms with van der Waals surface area (Å²) < 4.78 is 47.3. The van der Waals surface area contributed by atoms with Crippen molar-refractivity contribution in [3.63, 3.8) is 0 Å². The third-order valence-corrected chi connectivity index (χ3v) is 9.97. The van der Waals surface area contributed by atoms with Gasteiger partial charge in [0.25, 0.3) is 0 Å². The van der Waals surface area contributed by atoms with Gasteiger partial charge in [0, 0.05) is 20.8 Å². The lowest BCUT2D eigenvalue weighted by molar-refractivity contribution is -0.137. The monoisotopic (exact) mass is 660 g/mol. The lowest BCUT2D eigenvalue weighted by Crippen LogP contribution is -2.32. The minimum Gasteiger partial charge on any atom is -0.489 e. The highest BCUT2D eigenvalue weighted by Gasteiger charge is 2.57. The Kier molecular flexibility index (Phi) is 7.11. The van der Waals surface area contributed by atoms with Crippen molar-refractivity contribution < 1.29 is 27.5 Å². The van der Waals surface area contributed by atoms with Crippen LogP contribution in [0, 0.1) is 12.8 Å². The fraction of sp³-hybridized carbons (Fsp3) is 0.207. The van der Waals surface area contributed by atoms with E-state index in [0.29, 0.717) is 25.7 Å². The van der Waals surface area contributed by atoms with E-state index >= 15 is 0 Å². The van der Waals surface area contributed by atoms with Crippen molar-refractivity contribution in [2.45, 2.75) is 35.9 Å². The molecule has 0 bridgehead atoms. The molecule has 3 aromatic carbocycles. The van der Waals surface area contributed by atoms with Gasteiger partial charge in [-0.3, -0.25) is 14.4 Å². The fourth-order valence-electron chi connectivity index (χ4n) is 5.17. The number of thiazole rings is 1. The van der Waals surface area contributed by atoms with Gasteiger partial charge in [-0.2, -0.15) is 13.2 Å². The maximum Gasteiger partial charge on any atom is 0.416 e. The molecule has 0 aliphatic carbocycles. The van der Waals surface area contributed by atoms with Gasteiger partial charge >= 0.3 is 11.0 Å². The first-order chi connectivity index (χ1) is 19.5. The van der Waals surface area contributed by atoms with Crippen LogP contribution in [0.15, 0.2) is 81.0 Å². The van der Waals surface area contributed by atoms with E-state index in [0.717, 1.165) is 51.3 Å². The summed E-state index contributed by atoms with van der Waals surface area (Å²) in [6.45, 7) is 2.22. The number of imide groups is 1. The molecule has 1 aromatic heterocycles. The molecule has 0 unspecified atom stereocenters. The Hall–Kier alpha value is -3.35. The summed E-state index contributed by atoms with van der Waals surface area (Å²) in [6, 6.07) is 17.4. The number of fused-ring (bicyclic) bond motifs is 2. The van der Waals surface area contributed by atoms with Crippen molar-refractivity contribution in [2.75, 3.05) is 4.90 Å². The molecule has 4 aromatic rings. The molecule has 1 N–H and O–H groups in total. The van der Waals surface area contributed by atoms with Crippen LogP contribution in [0.2, 0.25) is 0 Å². The molecule has 3 heterocycles. The van der Waals surface area contributed by atoms with Crippen molar-refractivity contribution >= 4 is 56.5 Å². The number of anilines is 1. The number of aromatic amines is 1. The van der Waals surface area contributed by atoms with Crippen molar-refractivity contribution in [3.05, 3.63) is 108 Å². The Balaban J connectivity index is 1.43. The number of carbonyl (C=O) groups is 2. The largest absolute Gasteiger partial charge is 0.489 e. The van der Waals surface area contributed by atoms with Gasteiger partial charge in [0.1, 0.15) is 17.6 Å². The molecular formula is C29H20BrF3N2O4S2. The highest BCUT2D eigenvalue weighted by Crippen LogP contribution is 2.55. The molecule has 1 saturated heterocycles. The third kappa shape index (κ3) is 5.13. The second kappa shape index (κ2) is 10.5. The van der Waals surface area contributed by atoms with Crippen LogP contribution in [0.3, 0.4) is 0 Å². The van der Waals surface area contributed by atoms with Crippen LogP contribution < -0.4 is 14.5 Å². The molecule has 41 heavy (non-hydrogen) atoms. The minimum absolute atomic E-state index is 0.148. The van der Waals surface area contributed by atoms with Crippen molar-refractivity contribution in [3.8, 4) is 5.75 Å². The van der Waals surface area contributed by atoms with Crippen LogP contribution in [-0.2, 0) is 22.4 Å². The second-order valence-electron chi connectivity index (χ2n) is 9.77. The number of aromatic nitrogens is 1. The smallest absolute Gasteiger partial charge is 0.416 e. The third-order valence-electron chi connectivity index (χ3n) is 7.08. The summed E-state index contributed by atoms with van der Waals surface area (Å²) in [5, 5.41) is -0.494. The zero-order valence-electron chi connectivity index (χ0n) is 21.2. The number of H-pyrrole nitrogens is 1. The average molecular weight is 662 g/mol. The van der Waals surface area contributed by atoms with E-state index in [-0.39, 0.29) is 17.2 Å². The van der Waals surface area contributed by atoms with E-state index in [1.54, 1.807) is 18.2 Å². The topological polar surface area (TPSA) is 79.5 Å². The van der Waals surface area contributed by atoms with Crippen molar-refractivity contribution in [1.82, 2.24) is 4.98 Å². The van der Waals surface area contributed by atoms with Crippen molar-refractivity contribution in [2.24, 2.45) is 5.92 Å². The minimum atomic E-state index is -4.64. The summed E-state index contributed by atoms with van der Waals surface area (Å²) in [4.78, 5) is 44.0. The number of hydrogen-bond acceptors (Lipinski definition) is 6. The fourth-order valence-corrected chi connectivity index (χ4v) is 8.05. The Bertz CT molecular complexity index is 1740. The predicted octanol–water partition coefficient (Wildman–Crippen LogP) is 6.90. The second-order valence-corrected chi connectivity index (χ2v) is 12.8. The Morgan fingerprint density at radius 3 is 2.49 bits per heavy atom. The first-order valence-corrected chi connectivity index (χ1v) is 14.9. The van der Waals surface area contributed by atoms with Gasteiger partial charge in [-0.1, -0.05) is 74.9 Å². The number of amides is 2. The SMILES string of the molecule is Cc1ccc(COc2ccc(Br)cc2[C@@H]2c3sc(=O)[nH]c3S[C@H]3C(=O)N(c4cccc(C(F)(F)F)c4)C(=O)[C@@H]23)cc1. The predicted molar refractivity (Wildman–Crippen MR) is 154 cm³/mol. The van der Waals surface area contributed by atoms with E-state index in [4.69, 9.17) is 4.74 Å². The molecule has 0 spiro atoms. The zero-order chi connectivity index (χ0) is 29.1. The molecule has 6 nitrogen and oxygen atoms in total. The van der Waals surface area contributed by atoms with Crippen LogP contribution in [0.5, 0.6) is 5.75 Å². The van der Waals surface area contributed by atoms with E-state index in [1.165, 1.54) is 12.1 Å². The maximum atomic E-state index is 14.0. The normalized spacial score (nSPS) is 20.2. The highest BCUT2D eigenvalue weighted by molar-refractivity contribution is 9.10. The zero-order valence-corrected chi connectivity index (χ0v) is 24.4. The molecule has 0 saturated carbocycles.